The first kappa shape index (κ1) is 12.3. The van der Waals surface area contributed by atoms with E-state index in [1.165, 1.54) is 0 Å². The molecule has 3 rings (SSSR count). The zero-order valence-corrected chi connectivity index (χ0v) is 11.1. The molecule has 1 aromatic heterocycles. The molecule has 0 aliphatic rings. The third-order valence-corrected chi connectivity index (χ3v) is 3.15. The van der Waals surface area contributed by atoms with Crippen molar-refractivity contribution in [2.24, 2.45) is 0 Å². The number of nitrogen functional groups attached to an aromatic ring is 1. The van der Waals surface area contributed by atoms with Crippen LogP contribution in [0.5, 0.6) is 5.75 Å². The average Bonchev–Trinajstić information content (AvgIpc) is 2.51. The van der Waals surface area contributed by atoms with Crippen LogP contribution in [0.3, 0.4) is 0 Å². The number of nitrogens with one attached hydrogen (secondary N) is 1. The molecule has 20 heavy (non-hydrogen) atoms. The molecule has 1 heterocycles. The van der Waals surface area contributed by atoms with Crippen molar-refractivity contribution in [2.45, 2.75) is 0 Å². The minimum absolute atomic E-state index is 0.726. The normalized spacial score (nSPS) is 10.4. The number of benzene rings is 2. The van der Waals surface area contributed by atoms with E-state index in [2.05, 4.69) is 10.3 Å². The molecule has 0 unspecified atom stereocenters. The van der Waals surface area contributed by atoms with Crippen LogP contribution in [-0.4, -0.2) is 12.1 Å². The molecule has 3 N–H and O–H groups in total. The van der Waals surface area contributed by atoms with Crippen LogP contribution in [0.15, 0.2) is 54.7 Å². The van der Waals surface area contributed by atoms with Gasteiger partial charge in [-0.3, -0.25) is 4.98 Å². The molecule has 0 spiro atoms. The minimum atomic E-state index is 0.726. The highest BCUT2D eigenvalue weighted by atomic mass is 16.5. The second-order valence-corrected chi connectivity index (χ2v) is 4.46. The summed E-state index contributed by atoms with van der Waals surface area (Å²) in [5.41, 5.74) is 9.42. The highest BCUT2D eigenvalue weighted by Crippen LogP contribution is 2.29. The monoisotopic (exact) mass is 265 g/mol. The zero-order valence-electron chi connectivity index (χ0n) is 11.1. The largest absolute Gasteiger partial charge is 0.497 e. The summed E-state index contributed by atoms with van der Waals surface area (Å²) >= 11 is 0. The number of fused-ring (bicyclic) bond motifs is 1. The molecule has 0 fully saturated rings. The molecular weight excluding hydrogens is 250 g/mol. The Morgan fingerprint density at radius 1 is 1.10 bits per heavy atom. The SMILES string of the molecule is COc1cccc(Nc2ccc(N)c3cccnc23)c1. The van der Waals surface area contributed by atoms with Crippen molar-refractivity contribution in [1.29, 1.82) is 0 Å². The summed E-state index contributed by atoms with van der Waals surface area (Å²) in [5.74, 6) is 0.808. The van der Waals surface area contributed by atoms with E-state index in [-0.39, 0.29) is 0 Å². The summed E-state index contributed by atoms with van der Waals surface area (Å²) in [6.45, 7) is 0. The molecule has 0 aliphatic carbocycles. The quantitative estimate of drug-likeness (QED) is 0.711. The fourth-order valence-corrected chi connectivity index (χ4v) is 2.15. The molecular formula is C16H15N3O. The third-order valence-electron chi connectivity index (χ3n) is 3.15. The molecule has 0 saturated heterocycles. The van der Waals surface area contributed by atoms with Gasteiger partial charge in [0.1, 0.15) is 5.75 Å². The summed E-state index contributed by atoms with van der Waals surface area (Å²) in [6, 6.07) is 15.4. The molecule has 3 aromatic rings. The van der Waals surface area contributed by atoms with Gasteiger partial charge in [0.2, 0.25) is 0 Å². The predicted molar refractivity (Wildman–Crippen MR) is 82.4 cm³/mol. The van der Waals surface area contributed by atoms with Crippen LogP contribution in [0.4, 0.5) is 17.1 Å². The second-order valence-electron chi connectivity index (χ2n) is 4.46. The van der Waals surface area contributed by atoms with E-state index in [1.807, 2.05) is 48.5 Å². The lowest BCUT2D eigenvalue weighted by atomic mass is 10.1. The lowest BCUT2D eigenvalue weighted by Crippen LogP contribution is -1.96. The summed E-state index contributed by atoms with van der Waals surface area (Å²) in [4.78, 5) is 4.41. The Kier molecular flexibility index (Phi) is 3.13. The molecule has 0 atom stereocenters. The predicted octanol–water partition coefficient (Wildman–Crippen LogP) is 3.57. The fraction of sp³-hybridized carbons (Fsp3) is 0.0625. The van der Waals surface area contributed by atoms with Crippen molar-refractivity contribution < 1.29 is 4.74 Å². The fourth-order valence-electron chi connectivity index (χ4n) is 2.15. The van der Waals surface area contributed by atoms with E-state index in [9.17, 15) is 0 Å². The van der Waals surface area contributed by atoms with Gasteiger partial charge in [-0.2, -0.15) is 0 Å². The van der Waals surface area contributed by atoms with Crippen LogP contribution in [0, 0.1) is 0 Å². The number of methoxy groups -OCH3 is 1. The molecule has 0 radical (unpaired) electrons. The summed E-state index contributed by atoms with van der Waals surface area (Å²) in [7, 11) is 1.65. The summed E-state index contributed by atoms with van der Waals surface area (Å²) < 4.78 is 5.22. The third kappa shape index (κ3) is 2.23. The van der Waals surface area contributed by atoms with Gasteiger partial charge in [-0.1, -0.05) is 6.07 Å². The van der Waals surface area contributed by atoms with Crippen molar-refractivity contribution in [3.63, 3.8) is 0 Å². The van der Waals surface area contributed by atoms with Crippen molar-refractivity contribution >= 4 is 28.0 Å². The maximum atomic E-state index is 5.98. The number of pyridine rings is 1. The minimum Gasteiger partial charge on any atom is -0.497 e. The van der Waals surface area contributed by atoms with E-state index in [0.717, 1.165) is 33.7 Å². The Morgan fingerprint density at radius 3 is 2.85 bits per heavy atom. The van der Waals surface area contributed by atoms with E-state index in [4.69, 9.17) is 10.5 Å². The van der Waals surface area contributed by atoms with Gasteiger partial charge in [0.05, 0.1) is 18.3 Å². The van der Waals surface area contributed by atoms with Crippen LogP contribution in [0.25, 0.3) is 10.9 Å². The zero-order chi connectivity index (χ0) is 13.9. The van der Waals surface area contributed by atoms with Crippen LogP contribution in [-0.2, 0) is 0 Å². The molecule has 4 heteroatoms. The summed E-state index contributed by atoms with van der Waals surface area (Å²) in [6.07, 6.45) is 1.76. The Balaban J connectivity index is 2.04. The maximum Gasteiger partial charge on any atom is 0.120 e. The second kappa shape index (κ2) is 5.09. The molecule has 100 valence electrons. The number of hydrogen-bond acceptors (Lipinski definition) is 4. The van der Waals surface area contributed by atoms with E-state index in [0.29, 0.717) is 0 Å². The van der Waals surface area contributed by atoms with Crippen LogP contribution in [0.2, 0.25) is 0 Å². The van der Waals surface area contributed by atoms with Gasteiger partial charge >= 0.3 is 0 Å². The first-order valence-corrected chi connectivity index (χ1v) is 6.32. The van der Waals surface area contributed by atoms with Gasteiger partial charge in [0.15, 0.2) is 0 Å². The van der Waals surface area contributed by atoms with Gasteiger partial charge in [-0.05, 0) is 36.4 Å². The Morgan fingerprint density at radius 2 is 2.00 bits per heavy atom. The van der Waals surface area contributed by atoms with Crippen LogP contribution < -0.4 is 15.8 Å². The topological polar surface area (TPSA) is 60.2 Å². The van der Waals surface area contributed by atoms with E-state index >= 15 is 0 Å². The Hall–Kier alpha value is -2.75. The number of nitrogens with zero attached hydrogens (tertiary/aromatic N) is 1. The number of ether oxygens (including phenoxy) is 1. The molecule has 0 saturated carbocycles. The van der Waals surface area contributed by atoms with Crippen molar-refractivity contribution in [1.82, 2.24) is 4.98 Å². The standard InChI is InChI=1S/C16H15N3O/c1-20-12-5-2-4-11(10-12)19-15-8-7-14(17)13-6-3-9-18-16(13)15/h2-10,19H,17H2,1H3. The van der Waals surface area contributed by atoms with Gasteiger partial charge in [0, 0.05) is 29.0 Å². The highest BCUT2D eigenvalue weighted by Gasteiger charge is 2.05. The smallest absolute Gasteiger partial charge is 0.120 e. The lowest BCUT2D eigenvalue weighted by molar-refractivity contribution is 0.415. The van der Waals surface area contributed by atoms with Crippen molar-refractivity contribution in [3.05, 3.63) is 54.7 Å². The highest BCUT2D eigenvalue weighted by molar-refractivity contribution is 5.99. The number of rotatable bonds is 3. The van der Waals surface area contributed by atoms with Gasteiger partial charge in [-0.15, -0.1) is 0 Å². The number of anilines is 3. The number of aromatic nitrogens is 1. The average molecular weight is 265 g/mol. The van der Waals surface area contributed by atoms with Crippen molar-refractivity contribution in [2.75, 3.05) is 18.2 Å². The molecule has 2 aromatic carbocycles. The summed E-state index contributed by atoms with van der Waals surface area (Å²) in [5, 5.41) is 4.30. The molecule has 0 amide bonds. The molecule has 0 bridgehead atoms. The first-order chi connectivity index (χ1) is 9.78. The van der Waals surface area contributed by atoms with Gasteiger partial charge in [0.25, 0.3) is 0 Å². The lowest BCUT2D eigenvalue weighted by Gasteiger charge is -2.11. The van der Waals surface area contributed by atoms with E-state index < -0.39 is 0 Å². The Labute approximate surface area is 117 Å². The van der Waals surface area contributed by atoms with Crippen molar-refractivity contribution in [3.8, 4) is 5.75 Å². The first-order valence-electron chi connectivity index (χ1n) is 6.32. The maximum absolute atomic E-state index is 5.98. The van der Waals surface area contributed by atoms with Crippen LogP contribution >= 0.6 is 0 Å². The van der Waals surface area contributed by atoms with Gasteiger partial charge < -0.3 is 15.8 Å². The van der Waals surface area contributed by atoms with E-state index in [1.54, 1.807) is 13.3 Å². The Bertz CT molecular complexity index is 756. The molecule has 0 aliphatic heterocycles. The van der Waals surface area contributed by atoms with Crippen LogP contribution in [0.1, 0.15) is 0 Å². The van der Waals surface area contributed by atoms with Gasteiger partial charge in [-0.25, -0.2) is 0 Å². The number of hydrogen-bond donors (Lipinski definition) is 2. The molecule has 4 nitrogen and oxygen atoms in total. The number of nitrogens with two attached hydrogens (primary N) is 1.